The van der Waals surface area contributed by atoms with Gasteiger partial charge in [-0.2, -0.15) is 5.10 Å². The van der Waals surface area contributed by atoms with Gasteiger partial charge in [-0.1, -0.05) is 58.2 Å². The van der Waals surface area contributed by atoms with Gasteiger partial charge in [0.15, 0.2) is 5.65 Å². The Morgan fingerprint density at radius 3 is 2.75 bits per heavy atom. The van der Waals surface area contributed by atoms with E-state index in [-0.39, 0.29) is 0 Å². The van der Waals surface area contributed by atoms with Crippen molar-refractivity contribution < 1.29 is 0 Å². The molecule has 0 aliphatic carbocycles. The van der Waals surface area contributed by atoms with Gasteiger partial charge in [-0.15, -0.1) is 0 Å². The van der Waals surface area contributed by atoms with Gasteiger partial charge in [-0.3, -0.25) is 0 Å². The molecule has 0 unspecified atom stereocenters. The molecule has 20 heavy (non-hydrogen) atoms. The van der Waals surface area contributed by atoms with Crippen molar-refractivity contribution >= 4 is 44.8 Å². The van der Waals surface area contributed by atoms with Gasteiger partial charge in [0.2, 0.25) is 0 Å². The number of hydrogen-bond donors (Lipinski definition) is 0. The molecular formula is C14H10BrCl2N3. The van der Waals surface area contributed by atoms with E-state index in [1.54, 1.807) is 4.52 Å². The third-order valence-corrected chi connectivity index (χ3v) is 4.14. The summed E-state index contributed by atoms with van der Waals surface area (Å²) in [5.41, 5.74) is 3.18. The van der Waals surface area contributed by atoms with Gasteiger partial charge >= 0.3 is 0 Å². The Hall–Kier alpha value is -1.10. The smallest absolute Gasteiger partial charge is 0.158 e. The van der Waals surface area contributed by atoms with Crippen LogP contribution in [-0.4, -0.2) is 14.6 Å². The van der Waals surface area contributed by atoms with Crippen molar-refractivity contribution in [3.63, 3.8) is 0 Å². The topological polar surface area (TPSA) is 30.2 Å². The molecule has 0 aliphatic rings. The summed E-state index contributed by atoms with van der Waals surface area (Å²) >= 11 is 16.2. The monoisotopic (exact) mass is 369 g/mol. The minimum atomic E-state index is 0.378. The Balaban J connectivity index is 2.30. The highest BCUT2D eigenvalue weighted by Gasteiger charge is 2.16. The van der Waals surface area contributed by atoms with Crippen LogP contribution in [0.2, 0.25) is 10.3 Å². The highest BCUT2D eigenvalue weighted by atomic mass is 79.9. The Bertz CT molecular complexity index is 798. The van der Waals surface area contributed by atoms with E-state index in [2.05, 4.69) is 26.0 Å². The lowest BCUT2D eigenvalue weighted by atomic mass is 10.1. The Kier molecular flexibility index (Phi) is 3.71. The van der Waals surface area contributed by atoms with Gasteiger partial charge in [0.25, 0.3) is 0 Å². The molecule has 0 fully saturated rings. The summed E-state index contributed by atoms with van der Waals surface area (Å²) in [6.07, 6.45) is 0.823. The molecule has 6 heteroatoms. The van der Waals surface area contributed by atoms with Crippen LogP contribution in [0.1, 0.15) is 12.6 Å². The van der Waals surface area contributed by atoms with Gasteiger partial charge in [-0.05, 0) is 24.1 Å². The van der Waals surface area contributed by atoms with Crippen LogP contribution >= 0.6 is 39.1 Å². The number of aryl methyl sites for hydroxylation is 1. The van der Waals surface area contributed by atoms with Crippen molar-refractivity contribution in [2.24, 2.45) is 0 Å². The fraction of sp³-hybridized carbons (Fsp3) is 0.143. The third kappa shape index (κ3) is 2.32. The number of nitrogens with zero attached hydrogens (tertiary/aromatic N) is 3. The summed E-state index contributed by atoms with van der Waals surface area (Å²) in [6, 6.07) is 9.65. The van der Waals surface area contributed by atoms with Crippen LogP contribution in [0.15, 0.2) is 34.8 Å². The molecule has 0 aliphatic heterocycles. The van der Waals surface area contributed by atoms with E-state index in [1.165, 1.54) is 0 Å². The molecule has 3 aromatic rings. The van der Waals surface area contributed by atoms with E-state index < -0.39 is 0 Å². The predicted molar refractivity (Wildman–Crippen MR) is 85.5 cm³/mol. The quantitative estimate of drug-likeness (QED) is 0.592. The molecule has 0 bridgehead atoms. The average Bonchev–Trinajstić information content (AvgIpc) is 2.82. The normalized spacial score (nSPS) is 11.2. The molecule has 0 amide bonds. The van der Waals surface area contributed by atoms with Crippen molar-refractivity contribution in [1.82, 2.24) is 14.6 Å². The highest BCUT2D eigenvalue weighted by molar-refractivity contribution is 9.10. The van der Waals surface area contributed by atoms with Gasteiger partial charge < -0.3 is 0 Å². The van der Waals surface area contributed by atoms with E-state index in [9.17, 15) is 0 Å². The summed E-state index contributed by atoms with van der Waals surface area (Å²) in [7, 11) is 0. The fourth-order valence-electron chi connectivity index (χ4n) is 2.05. The minimum absolute atomic E-state index is 0.378. The molecule has 3 nitrogen and oxygen atoms in total. The predicted octanol–water partition coefficient (Wildman–Crippen LogP) is 5.03. The number of rotatable bonds is 2. The number of halogens is 3. The fourth-order valence-corrected chi connectivity index (χ4v) is 3.10. The van der Waals surface area contributed by atoms with E-state index in [0.29, 0.717) is 21.5 Å². The second-order valence-corrected chi connectivity index (χ2v) is 5.97. The Morgan fingerprint density at radius 1 is 1.25 bits per heavy atom. The van der Waals surface area contributed by atoms with Crippen LogP contribution in [-0.2, 0) is 6.42 Å². The molecule has 2 aromatic heterocycles. The minimum Gasteiger partial charge on any atom is -0.216 e. The van der Waals surface area contributed by atoms with Crippen LogP contribution < -0.4 is 0 Å². The van der Waals surface area contributed by atoms with Crippen LogP contribution in [0.25, 0.3) is 16.8 Å². The summed E-state index contributed by atoms with van der Waals surface area (Å²) in [5, 5.41) is 5.28. The zero-order valence-electron chi connectivity index (χ0n) is 10.6. The molecule has 3 rings (SSSR count). The van der Waals surface area contributed by atoms with Crippen molar-refractivity contribution in [3.8, 4) is 11.1 Å². The number of aromatic nitrogens is 3. The SMILES string of the molecule is CCc1cc2nc(Cl)c(-c3cccc(Br)c3)c(Cl)n2n1. The first-order valence-electron chi connectivity index (χ1n) is 6.09. The first-order chi connectivity index (χ1) is 9.60. The van der Waals surface area contributed by atoms with Crippen molar-refractivity contribution in [2.45, 2.75) is 13.3 Å². The molecule has 0 atom stereocenters. The first kappa shape index (κ1) is 13.9. The third-order valence-electron chi connectivity index (χ3n) is 3.03. The molecule has 102 valence electrons. The van der Waals surface area contributed by atoms with Crippen LogP contribution in [0, 0.1) is 0 Å². The Labute approximate surface area is 134 Å². The van der Waals surface area contributed by atoms with Crippen molar-refractivity contribution in [1.29, 1.82) is 0 Å². The van der Waals surface area contributed by atoms with E-state index >= 15 is 0 Å². The lowest BCUT2D eigenvalue weighted by molar-refractivity contribution is 0.889. The zero-order chi connectivity index (χ0) is 14.3. The number of benzene rings is 1. The summed E-state index contributed by atoms with van der Waals surface area (Å²) in [5.74, 6) is 0. The molecule has 0 saturated heterocycles. The zero-order valence-corrected chi connectivity index (χ0v) is 13.7. The molecule has 1 aromatic carbocycles. The maximum absolute atomic E-state index is 6.46. The number of fused-ring (bicyclic) bond motifs is 1. The van der Waals surface area contributed by atoms with E-state index in [1.807, 2.05) is 37.3 Å². The van der Waals surface area contributed by atoms with Gasteiger partial charge in [0, 0.05) is 10.5 Å². The molecule has 0 N–H and O–H groups in total. The van der Waals surface area contributed by atoms with Crippen LogP contribution in [0.4, 0.5) is 0 Å². The van der Waals surface area contributed by atoms with Gasteiger partial charge in [-0.25, -0.2) is 9.50 Å². The molecule has 2 heterocycles. The van der Waals surface area contributed by atoms with Crippen molar-refractivity contribution in [2.75, 3.05) is 0 Å². The first-order valence-corrected chi connectivity index (χ1v) is 7.64. The van der Waals surface area contributed by atoms with E-state index in [0.717, 1.165) is 22.2 Å². The second-order valence-electron chi connectivity index (χ2n) is 4.34. The lowest BCUT2D eigenvalue weighted by Gasteiger charge is -2.08. The Morgan fingerprint density at radius 2 is 2.05 bits per heavy atom. The van der Waals surface area contributed by atoms with Crippen molar-refractivity contribution in [3.05, 3.63) is 50.8 Å². The molecule has 0 saturated carbocycles. The largest absolute Gasteiger partial charge is 0.216 e. The van der Waals surface area contributed by atoms with Crippen LogP contribution in [0.3, 0.4) is 0 Å². The van der Waals surface area contributed by atoms with Gasteiger partial charge in [0.1, 0.15) is 10.3 Å². The maximum atomic E-state index is 6.46. The number of hydrogen-bond acceptors (Lipinski definition) is 2. The van der Waals surface area contributed by atoms with E-state index in [4.69, 9.17) is 23.2 Å². The highest BCUT2D eigenvalue weighted by Crippen LogP contribution is 2.35. The standard InChI is InChI=1S/C14H10BrCl2N3/c1-2-10-7-11-18-13(16)12(14(17)20(11)19-10)8-4-3-5-9(15)6-8/h3-7H,2H2,1H3. The molecule has 0 spiro atoms. The molecular weight excluding hydrogens is 361 g/mol. The lowest BCUT2D eigenvalue weighted by Crippen LogP contribution is -1.97. The van der Waals surface area contributed by atoms with Gasteiger partial charge in [0.05, 0.1) is 11.3 Å². The summed E-state index contributed by atoms with van der Waals surface area (Å²) in [6.45, 7) is 2.03. The second kappa shape index (κ2) is 5.35. The summed E-state index contributed by atoms with van der Waals surface area (Å²) < 4.78 is 2.58. The molecule has 0 radical (unpaired) electrons. The summed E-state index contributed by atoms with van der Waals surface area (Å²) in [4.78, 5) is 4.38. The van der Waals surface area contributed by atoms with Crippen LogP contribution in [0.5, 0.6) is 0 Å². The maximum Gasteiger partial charge on any atom is 0.158 e. The average molecular weight is 371 g/mol.